The van der Waals surface area contributed by atoms with Crippen LogP contribution < -0.4 is 0 Å². The minimum atomic E-state index is 0.268. The number of amides is 1. The van der Waals surface area contributed by atoms with Crippen LogP contribution >= 0.6 is 0 Å². The number of carbonyl (C=O) groups excluding carboxylic acids is 1. The van der Waals surface area contributed by atoms with E-state index in [0.29, 0.717) is 5.91 Å². The third-order valence-corrected chi connectivity index (χ3v) is 4.63. The summed E-state index contributed by atoms with van der Waals surface area (Å²) < 4.78 is 1.07. The van der Waals surface area contributed by atoms with Gasteiger partial charge in [-0.2, -0.15) is 0 Å². The summed E-state index contributed by atoms with van der Waals surface area (Å²) in [4.78, 5) is 14.2. The summed E-state index contributed by atoms with van der Waals surface area (Å²) in [5.74, 6) is 0.398. The van der Waals surface area contributed by atoms with E-state index >= 15 is 0 Å². The Morgan fingerprint density at radius 1 is 1.25 bits per heavy atom. The standard InChI is InChI=1S/C13H25N2O/c1-3-15(10-5-4-6-11-15)12-8-7-9-14(2)13(12)16/h12H,3-11H2,1-2H3/q+1. The normalized spacial score (nSPS) is 30.5. The summed E-state index contributed by atoms with van der Waals surface area (Å²) >= 11 is 0. The molecule has 3 nitrogen and oxygen atoms in total. The minimum absolute atomic E-state index is 0.268. The van der Waals surface area contributed by atoms with Gasteiger partial charge >= 0.3 is 0 Å². The fraction of sp³-hybridized carbons (Fsp3) is 0.923. The van der Waals surface area contributed by atoms with E-state index in [1.165, 1.54) is 38.8 Å². The molecule has 1 amide bonds. The molecule has 0 radical (unpaired) electrons. The summed E-state index contributed by atoms with van der Waals surface area (Å²) in [6, 6.07) is 0.268. The van der Waals surface area contributed by atoms with Gasteiger partial charge in [0.2, 0.25) is 0 Å². The highest BCUT2D eigenvalue weighted by molar-refractivity contribution is 5.81. The van der Waals surface area contributed by atoms with Gasteiger partial charge in [-0.3, -0.25) is 4.79 Å². The Morgan fingerprint density at radius 3 is 2.56 bits per heavy atom. The maximum atomic E-state index is 12.3. The number of carbonyl (C=O) groups is 1. The molecule has 1 atom stereocenters. The van der Waals surface area contributed by atoms with Crippen LogP contribution in [-0.2, 0) is 4.79 Å². The molecular formula is C13H25N2O+. The van der Waals surface area contributed by atoms with Gasteiger partial charge in [0.1, 0.15) is 0 Å². The molecule has 0 aromatic carbocycles. The molecule has 92 valence electrons. The van der Waals surface area contributed by atoms with Crippen molar-refractivity contribution in [3.8, 4) is 0 Å². The van der Waals surface area contributed by atoms with Crippen LogP contribution in [0, 0.1) is 0 Å². The van der Waals surface area contributed by atoms with Gasteiger partial charge in [-0.25, -0.2) is 0 Å². The van der Waals surface area contributed by atoms with E-state index in [4.69, 9.17) is 0 Å². The van der Waals surface area contributed by atoms with Crippen molar-refractivity contribution in [1.29, 1.82) is 0 Å². The Labute approximate surface area is 99.0 Å². The van der Waals surface area contributed by atoms with Crippen LogP contribution in [0.4, 0.5) is 0 Å². The second kappa shape index (κ2) is 4.74. The second-order valence-corrected chi connectivity index (χ2v) is 5.46. The SMILES string of the molecule is CC[N+]1(C2CCCN(C)C2=O)CCCCC1. The molecular weight excluding hydrogens is 200 g/mol. The highest BCUT2D eigenvalue weighted by Crippen LogP contribution is 2.28. The lowest BCUT2D eigenvalue weighted by molar-refractivity contribution is -0.946. The molecule has 2 fully saturated rings. The Balaban J connectivity index is 2.15. The first kappa shape index (κ1) is 11.9. The molecule has 0 spiro atoms. The van der Waals surface area contributed by atoms with Crippen molar-refractivity contribution < 1.29 is 9.28 Å². The van der Waals surface area contributed by atoms with E-state index in [1.807, 2.05) is 11.9 Å². The van der Waals surface area contributed by atoms with E-state index < -0.39 is 0 Å². The van der Waals surface area contributed by atoms with Crippen LogP contribution in [0.15, 0.2) is 0 Å². The highest BCUT2D eigenvalue weighted by Gasteiger charge is 2.43. The molecule has 3 heteroatoms. The van der Waals surface area contributed by atoms with Crippen molar-refractivity contribution in [1.82, 2.24) is 4.90 Å². The molecule has 2 aliphatic heterocycles. The van der Waals surface area contributed by atoms with Gasteiger partial charge in [-0.05, 0) is 32.6 Å². The van der Waals surface area contributed by atoms with Gasteiger partial charge in [0.05, 0.1) is 19.6 Å². The number of nitrogens with zero attached hydrogens (tertiary/aromatic N) is 2. The van der Waals surface area contributed by atoms with Crippen LogP contribution in [0.3, 0.4) is 0 Å². The third kappa shape index (κ3) is 1.97. The van der Waals surface area contributed by atoms with E-state index in [-0.39, 0.29) is 6.04 Å². The van der Waals surface area contributed by atoms with E-state index in [9.17, 15) is 4.79 Å². The zero-order valence-corrected chi connectivity index (χ0v) is 10.7. The molecule has 2 saturated heterocycles. The molecule has 0 saturated carbocycles. The highest BCUT2D eigenvalue weighted by atomic mass is 16.2. The fourth-order valence-corrected chi connectivity index (χ4v) is 3.51. The zero-order chi connectivity index (χ0) is 11.6. The Kier molecular flexibility index (Phi) is 3.53. The summed E-state index contributed by atoms with van der Waals surface area (Å²) in [7, 11) is 1.96. The number of quaternary nitrogens is 1. The number of likely N-dealkylation sites (N-methyl/N-ethyl adjacent to an activating group) is 2. The predicted molar refractivity (Wildman–Crippen MR) is 65.0 cm³/mol. The topological polar surface area (TPSA) is 20.3 Å². The maximum absolute atomic E-state index is 12.3. The molecule has 1 unspecified atom stereocenters. The van der Waals surface area contributed by atoms with Gasteiger partial charge in [-0.1, -0.05) is 0 Å². The van der Waals surface area contributed by atoms with Crippen molar-refractivity contribution in [3.63, 3.8) is 0 Å². The van der Waals surface area contributed by atoms with E-state index in [0.717, 1.165) is 24.0 Å². The average molecular weight is 225 g/mol. The van der Waals surface area contributed by atoms with Crippen molar-refractivity contribution >= 4 is 5.91 Å². The summed E-state index contributed by atoms with van der Waals surface area (Å²) in [6.45, 7) is 6.79. The number of piperidine rings is 2. The number of rotatable bonds is 2. The maximum Gasteiger partial charge on any atom is 0.280 e. The fourth-order valence-electron chi connectivity index (χ4n) is 3.51. The molecule has 0 aromatic rings. The van der Waals surface area contributed by atoms with Gasteiger partial charge in [0.15, 0.2) is 6.04 Å². The predicted octanol–water partition coefficient (Wildman–Crippen LogP) is 1.63. The first-order chi connectivity index (χ1) is 7.69. The van der Waals surface area contributed by atoms with Crippen molar-refractivity contribution in [2.45, 2.75) is 45.1 Å². The number of hydrogen-bond acceptors (Lipinski definition) is 1. The molecule has 0 N–H and O–H groups in total. The smallest absolute Gasteiger partial charge is 0.280 e. The summed E-state index contributed by atoms with van der Waals surface area (Å²) in [5.41, 5.74) is 0. The van der Waals surface area contributed by atoms with E-state index in [1.54, 1.807) is 0 Å². The first-order valence-electron chi connectivity index (χ1n) is 6.80. The average Bonchev–Trinajstić information content (AvgIpc) is 2.33. The van der Waals surface area contributed by atoms with Gasteiger partial charge in [-0.15, -0.1) is 0 Å². The quantitative estimate of drug-likeness (QED) is 0.654. The van der Waals surface area contributed by atoms with E-state index in [2.05, 4.69) is 6.92 Å². The summed E-state index contributed by atoms with van der Waals surface area (Å²) in [5, 5.41) is 0. The zero-order valence-electron chi connectivity index (χ0n) is 10.7. The molecule has 0 aliphatic carbocycles. The van der Waals surface area contributed by atoms with Gasteiger partial charge in [0.25, 0.3) is 5.91 Å². The van der Waals surface area contributed by atoms with Crippen LogP contribution in [0.2, 0.25) is 0 Å². The molecule has 16 heavy (non-hydrogen) atoms. The number of hydrogen-bond donors (Lipinski definition) is 0. The Morgan fingerprint density at radius 2 is 1.94 bits per heavy atom. The minimum Gasteiger partial charge on any atom is -0.341 e. The van der Waals surface area contributed by atoms with Crippen LogP contribution in [-0.4, -0.2) is 54.6 Å². The molecule has 0 bridgehead atoms. The van der Waals surface area contributed by atoms with Crippen molar-refractivity contribution in [2.75, 3.05) is 33.2 Å². The summed E-state index contributed by atoms with van der Waals surface area (Å²) in [6.07, 6.45) is 6.27. The lowest BCUT2D eigenvalue weighted by Crippen LogP contribution is -2.64. The monoisotopic (exact) mass is 225 g/mol. The van der Waals surface area contributed by atoms with Gasteiger partial charge < -0.3 is 9.38 Å². The Hall–Kier alpha value is -0.570. The van der Waals surface area contributed by atoms with Gasteiger partial charge in [0, 0.05) is 20.0 Å². The molecule has 2 rings (SSSR count). The van der Waals surface area contributed by atoms with Crippen LogP contribution in [0.25, 0.3) is 0 Å². The van der Waals surface area contributed by atoms with Crippen LogP contribution in [0.5, 0.6) is 0 Å². The molecule has 2 heterocycles. The van der Waals surface area contributed by atoms with Crippen molar-refractivity contribution in [2.24, 2.45) is 0 Å². The molecule has 2 aliphatic rings. The van der Waals surface area contributed by atoms with Crippen molar-refractivity contribution in [3.05, 3.63) is 0 Å². The largest absolute Gasteiger partial charge is 0.341 e. The lowest BCUT2D eigenvalue weighted by atomic mass is 9.96. The number of likely N-dealkylation sites (tertiary alicyclic amines) is 2. The Bertz CT molecular complexity index is 259. The first-order valence-corrected chi connectivity index (χ1v) is 6.80. The van der Waals surface area contributed by atoms with Crippen LogP contribution in [0.1, 0.15) is 39.0 Å². The lowest BCUT2D eigenvalue weighted by Gasteiger charge is -2.48. The molecule has 0 aromatic heterocycles. The second-order valence-electron chi connectivity index (χ2n) is 5.46. The third-order valence-electron chi connectivity index (χ3n) is 4.63.